The smallest absolute Gasteiger partial charge is 0.250 e. The minimum Gasteiger partial charge on any atom is -0.507 e. The lowest BCUT2D eigenvalue weighted by Gasteiger charge is -2.00. The summed E-state index contributed by atoms with van der Waals surface area (Å²) in [5.41, 5.74) is 4.17. The van der Waals surface area contributed by atoms with Crippen LogP contribution in [0, 0.1) is 0 Å². The Labute approximate surface area is 183 Å². The molecular formula is C18H15BrN4O2S3. The molecule has 0 atom stereocenters. The molecule has 0 saturated heterocycles. The summed E-state index contributed by atoms with van der Waals surface area (Å²) in [7, 11) is 0. The van der Waals surface area contributed by atoms with E-state index in [9.17, 15) is 9.90 Å². The molecule has 1 aromatic heterocycles. The Bertz CT molecular complexity index is 966. The van der Waals surface area contributed by atoms with Crippen molar-refractivity contribution in [1.82, 2.24) is 15.6 Å². The molecule has 10 heteroatoms. The largest absolute Gasteiger partial charge is 0.507 e. The monoisotopic (exact) mass is 494 g/mol. The predicted molar refractivity (Wildman–Crippen MR) is 118 cm³/mol. The highest BCUT2D eigenvalue weighted by Crippen LogP contribution is 2.30. The summed E-state index contributed by atoms with van der Waals surface area (Å²) in [4.78, 5) is 11.9. The average molecular weight is 495 g/mol. The van der Waals surface area contributed by atoms with Gasteiger partial charge in [0.1, 0.15) is 5.75 Å². The molecule has 6 nitrogen and oxygen atoms in total. The molecule has 0 radical (unpaired) electrons. The summed E-state index contributed by atoms with van der Waals surface area (Å²) in [6, 6.07) is 15.1. The number of amides is 1. The van der Waals surface area contributed by atoms with Crippen LogP contribution in [0.25, 0.3) is 0 Å². The number of benzene rings is 2. The highest BCUT2D eigenvalue weighted by atomic mass is 79.9. The SMILES string of the molecule is O=C(CSc1nnc(SCc2ccccc2)s1)NN=Cc1cc(Br)ccc1O. The maximum atomic E-state index is 11.9. The van der Waals surface area contributed by atoms with E-state index in [0.717, 1.165) is 18.9 Å². The van der Waals surface area contributed by atoms with Gasteiger partial charge in [0, 0.05) is 15.8 Å². The molecule has 0 unspecified atom stereocenters. The molecule has 3 aromatic rings. The summed E-state index contributed by atoms with van der Waals surface area (Å²) in [6.07, 6.45) is 1.39. The fourth-order valence-electron chi connectivity index (χ4n) is 2.00. The van der Waals surface area contributed by atoms with E-state index in [1.54, 1.807) is 30.0 Å². The van der Waals surface area contributed by atoms with Crippen molar-refractivity contribution in [1.29, 1.82) is 0 Å². The lowest BCUT2D eigenvalue weighted by molar-refractivity contribution is -0.118. The highest BCUT2D eigenvalue weighted by Gasteiger charge is 2.08. The minimum atomic E-state index is -0.260. The number of hydrazone groups is 1. The fourth-order valence-corrected chi connectivity index (χ4v) is 5.14. The quantitative estimate of drug-likeness (QED) is 0.271. The van der Waals surface area contributed by atoms with Gasteiger partial charge in [-0.1, -0.05) is 81.1 Å². The number of nitrogens with one attached hydrogen (secondary N) is 1. The van der Waals surface area contributed by atoms with Gasteiger partial charge in [0.2, 0.25) is 0 Å². The second-order valence-corrected chi connectivity index (χ2v) is 9.73. The number of carbonyl (C=O) groups is 1. The normalized spacial score (nSPS) is 11.0. The summed E-state index contributed by atoms with van der Waals surface area (Å²) in [5.74, 6) is 0.840. The van der Waals surface area contributed by atoms with Gasteiger partial charge < -0.3 is 5.11 Å². The molecule has 0 fully saturated rings. The number of rotatable bonds is 8. The second-order valence-electron chi connectivity index (χ2n) is 5.39. The number of hydrogen-bond donors (Lipinski definition) is 2. The van der Waals surface area contributed by atoms with E-state index in [4.69, 9.17) is 0 Å². The maximum absolute atomic E-state index is 11.9. The molecule has 3 rings (SSSR count). The average Bonchev–Trinajstić information content (AvgIpc) is 3.16. The van der Waals surface area contributed by atoms with Crippen LogP contribution in [0.5, 0.6) is 5.75 Å². The number of thioether (sulfide) groups is 2. The van der Waals surface area contributed by atoms with Crippen LogP contribution in [-0.4, -0.2) is 33.2 Å². The van der Waals surface area contributed by atoms with Crippen LogP contribution < -0.4 is 5.43 Å². The van der Waals surface area contributed by atoms with Crippen molar-refractivity contribution in [3.63, 3.8) is 0 Å². The molecule has 2 aromatic carbocycles. The third-order valence-corrected chi connectivity index (χ3v) is 7.06. The third kappa shape index (κ3) is 6.62. The van der Waals surface area contributed by atoms with Gasteiger partial charge in [-0.3, -0.25) is 4.79 Å². The zero-order valence-electron chi connectivity index (χ0n) is 14.4. The van der Waals surface area contributed by atoms with Gasteiger partial charge in [-0.15, -0.1) is 10.2 Å². The molecule has 0 aliphatic carbocycles. The van der Waals surface area contributed by atoms with Gasteiger partial charge in [-0.05, 0) is 23.8 Å². The van der Waals surface area contributed by atoms with Gasteiger partial charge in [0.15, 0.2) is 8.68 Å². The first kappa shape index (κ1) is 20.8. The van der Waals surface area contributed by atoms with Crippen molar-refractivity contribution < 1.29 is 9.90 Å². The van der Waals surface area contributed by atoms with E-state index < -0.39 is 0 Å². The minimum absolute atomic E-state index is 0.0879. The number of aromatic hydroxyl groups is 1. The standard InChI is InChI=1S/C18H15BrN4O2S3/c19-14-6-7-15(24)13(8-14)9-20-21-16(25)11-27-18-23-22-17(28-18)26-10-12-4-2-1-3-5-12/h1-9,24H,10-11H2,(H,21,25). The van der Waals surface area contributed by atoms with E-state index in [0.29, 0.717) is 5.56 Å². The third-order valence-electron chi connectivity index (χ3n) is 3.30. The first-order valence-electron chi connectivity index (χ1n) is 8.03. The first-order valence-corrected chi connectivity index (χ1v) is 11.6. The molecule has 0 spiro atoms. The number of phenolic OH excluding ortho intramolecular Hbond substituents is 1. The summed E-state index contributed by atoms with van der Waals surface area (Å²) in [6.45, 7) is 0. The Morgan fingerprint density at radius 2 is 1.93 bits per heavy atom. The van der Waals surface area contributed by atoms with Crippen molar-refractivity contribution in [2.24, 2.45) is 5.10 Å². The lowest BCUT2D eigenvalue weighted by atomic mass is 10.2. The summed E-state index contributed by atoms with van der Waals surface area (Å²) < 4.78 is 2.42. The molecule has 1 heterocycles. The van der Waals surface area contributed by atoms with Crippen molar-refractivity contribution in [2.45, 2.75) is 14.4 Å². The Balaban J connectivity index is 1.43. The zero-order valence-corrected chi connectivity index (χ0v) is 18.4. The summed E-state index contributed by atoms with van der Waals surface area (Å²) >= 11 is 7.72. The van der Waals surface area contributed by atoms with Crippen LogP contribution in [0.3, 0.4) is 0 Å². The van der Waals surface area contributed by atoms with Crippen molar-refractivity contribution >= 4 is 62.9 Å². The lowest BCUT2D eigenvalue weighted by Crippen LogP contribution is -2.19. The molecule has 0 saturated carbocycles. The predicted octanol–water partition coefficient (Wildman–Crippen LogP) is 4.54. The number of halogens is 1. The van der Waals surface area contributed by atoms with Crippen LogP contribution in [0.15, 0.2) is 66.8 Å². The molecule has 2 N–H and O–H groups in total. The Hall–Kier alpha value is -1.88. The van der Waals surface area contributed by atoms with Crippen molar-refractivity contribution in [2.75, 3.05) is 5.75 Å². The number of aromatic nitrogens is 2. The van der Waals surface area contributed by atoms with Gasteiger partial charge in [0.25, 0.3) is 5.91 Å². The highest BCUT2D eigenvalue weighted by molar-refractivity contribution is 9.10. The fraction of sp³-hybridized carbons (Fsp3) is 0.111. The van der Waals surface area contributed by atoms with Gasteiger partial charge in [-0.2, -0.15) is 5.10 Å². The molecule has 144 valence electrons. The Morgan fingerprint density at radius 3 is 2.71 bits per heavy atom. The molecule has 1 amide bonds. The van der Waals surface area contributed by atoms with Crippen molar-refractivity contribution in [3.05, 3.63) is 64.1 Å². The van der Waals surface area contributed by atoms with Crippen molar-refractivity contribution in [3.8, 4) is 5.75 Å². The Morgan fingerprint density at radius 1 is 1.18 bits per heavy atom. The number of carbonyl (C=O) groups excluding carboxylic acids is 1. The molecule has 28 heavy (non-hydrogen) atoms. The number of nitrogens with zero attached hydrogens (tertiary/aromatic N) is 3. The first-order chi connectivity index (χ1) is 13.6. The topological polar surface area (TPSA) is 87.5 Å². The van der Waals surface area contributed by atoms with E-state index in [1.165, 1.54) is 34.9 Å². The van der Waals surface area contributed by atoms with E-state index in [2.05, 4.69) is 48.8 Å². The zero-order chi connectivity index (χ0) is 19.8. The molecule has 0 aliphatic rings. The van der Waals surface area contributed by atoms with Gasteiger partial charge >= 0.3 is 0 Å². The van der Waals surface area contributed by atoms with E-state index in [1.807, 2.05) is 18.2 Å². The molecule has 0 aliphatic heterocycles. The number of phenols is 1. The summed E-state index contributed by atoms with van der Waals surface area (Å²) in [5, 5.41) is 21.8. The van der Waals surface area contributed by atoms with Crippen LogP contribution >= 0.6 is 50.8 Å². The van der Waals surface area contributed by atoms with Crippen LogP contribution in [-0.2, 0) is 10.5 Å². The van der Waals surface area contributed by atoms with Gasteiger partial charge in [-0.25, -0.2) is 5.43 Å². The Kier molecular flexibility index (Phi) is 7.90. The van der Waals surface area contributed by atoms with E-state index >= 15 is 0 Å². The van der Waals surface area contributed by atoms with E-state index in [-0.39, 0.29) is 17.4 Å². The number of hydrogen-bond acceptors (Lipinski definition) is 8. The van der Waals surface area contributed by atoms with Crippen LogP contribution in [0.1, 0.15) is 11.1 Å². The van der Waals surface area contributed by atoms with Crippen LogP contribution in [0.4, 0.5) is 0 Å². The second kappa shape index (κ2) is 10.6. The van der Waals surface area contributed by atoms with Gasteiger partial charge in [0.05, 0.1) is 12.0 Å². The van der Waals surface area contributed by atoms with Crippen LogP contribution in [0.2, 0.25) is 0 Å². The maximum Gasteiger partial charge on any atom is 0.250 e. The molecule has 0 bridgehead atoms. The molecular weight excluding hydrogens is 480 g/mol.